The number of aromatic carboxylic acids is 1. The predicted molar refractivity (Wildman–Crippen MR) is 80.2 cm³/mol. The van der Waals surface area contributed by atoms with Crippen molar-refractivity contribution in [2.45, 2.75) is 15.7 Å². The molecule has 0 radical (unpaired) electrons. The lowest BCUT2D eigenvalue weighted by Gasteiger charge is -2.11. The summed E-state index contributed by atoms with van der Waals surface area (Å²) in [5.74, 6) is -0.685. The minimum atomic E-state index is -3.45. The van der Waals surface area contributed by atoms with Crippen molar-refractivity contribution < 1.29 is 18.3 Å². The second-order valence-corrected chi connectivity index (χ2v) is 7.65. The van der Waals surface area contributed by atoms with E-state index in [2.05, 4.69) is 15.4 Å². The molecule has 2 rings (SSSR count). The molecule has 1 heterocycles. The molecule has 0 amide bonds. The number of carboxylic acid groups (broad SMARTS) is 1. The van der Waals surface area contributed by atoms with Gasteiger partial charge in [-0.1, -0.05) is 29.1 Å². The van der Waals surface area contributed by atoms with Gasteiger partial charge in [-0.05, 0) is 17.7 Å². The van der Waals surface area contributed by atoms with Gasteiger partial charge in [-0.3, -0.25) is 5.10 Å². The van der Waals surface area contributed by atoms with Crippen LogP contribution < -0.4 is 0 Å². The molecule has 1 aromatic heterocycles. The first kappa shape index (κ1) is 16.5. The molecule has 2 aromatic rings. The van der Waals surface area contributed by atoms with Gasteiger partial charge in [0.15, 0.2) is 0 Å². The summed E-state index contributed by atoms with van der Waals surface area (Å²) in [4.78, 5) is 11.1. The number of nitrogens with one attached hydrogen (secondary N) is 1. The van der Waals surface area contributed by atoms with Crippen LogP contribution in [0.3, 0.4) is 0 Å². The molecular weight excluding hydrogens is 328 g/mol. The summed E-state index contributed by atoms with van der Waals surface area (Å²) in [5, 5.41) is 18.8. The zero-order valence-electron chi connectivity index (χ0n) is 11.8. The van der Waals surface area contributed by atoms with Crippen LogP contribution in [0.25, 0.3) is 0 Å². The third kappa shape index (κ3) is 3.46. The van der Waals surface area contributed by atoms with Gasteiger partial charge in [-0.25, -0.2) is 17.5 Å². The quantitative estimate of drug-likeness (QED) is 0.754. The molecule has 0 saturated carbocycles. The summed E-state index contributed by atoms with van der Waals surface area (Å²) < 4.78 is 25.0. The Morgan fingerprint density at radius 1 is 1.32 bits per heavy atom. The standard InChI is InChI=1S/C12H14N4O4S2/c1-16(2)22(19,20)9-5-3-8(4-6-9)7-21-11-10(12(17)18)13-15-14-11/h3-6H,7H2,1-2H3,(H,17,18)(H,13,14,15). The van der Waals surface area contributed by atoms with Gasteiger partial charge in [-0.15, -0.1) is 5.10 Å². The number of aromatic nitrogens is 3. The lowest BCUT2D eigenvalue weighted by Crippen LogP contribution is -2.22. The molecule has 0 fully saturated rings. The first-order valence-corrected chi connectivity index (χ1v) is 8.53. The Bertz CT molecular complexity index is 769. The van der Waals surface area contributed by atoms with Gasteiger partial charge < -0.3 is 5.11 Å². The zero-order chi connectivity index (χ0) is 16.3. The van der Waals surface area contributed by atoms with Crippen LogP contribution in [-0.2, 0) is 15.8 Å². The van der Waals surface area contributed by atoms with Gasteiger partial charge in [-0.2, -0.15) is 0 Å². The third-order valence-electron chi connectivity index (χ3n) is 2.80. The highest BCUT2D eigenvalue weighted by molar-refractivity contribution is 7.98. The largest absolute Gasteiger partial charge is 0.476 e. The molecule has 0 unspecified atom stereocenters. The van der Waals surface area contributed by atoms with E-state index in [1.54, 1.807) is 12.1 Å². The highest BCUT2D eigenvalue weighted by Gasteiger charge is 2.17. The maximum atomic E-state index is 11.9. The molecular formula is C12H14N4O4S2. The minimum Gasteiger partial charge on any atom is -0.476 e. The first-order valence-electron chi connectivity index (χ1n) is 6.11. The number of carbonyl (C=O) groups is 1. The van der Waals surface area contributed by atoms with Gasteiger partial charge in [0.2, 0.25) is 15.7 Å². The van der Waals surface area contributed by atoms with Crippen molar-refractivity contribution in [2.24, 2.45) is 0 Å². The van der Waals surface area contributed by atoms with Crippen LogP contribution in [0.1, 0.15) is 16.1 Å². The van der Waals surface area contributed by atoms with E-state index >= 15 is 0 Å². The van der Waals surface area contributed by atoms with E-state index in [4.69, 9.17) is 5.11 Å². The third-order valence-corrected chi connectivity index (χ3v) is 5.68. The van der Waals surface area contributed by atoms with E-state index in [9.17, 15) is 13.2 Å². The van der Waals surface area contributed by atoms with E-state index in [0.29, 0.717) is 10.8 Å². The molecule has 8 nitrogen and oxygen atoms in total. The number of sulfonamides is 1. The van der Waals surface area contributed by atoms with Crippen molar-refractivity contribution in [3.8, 4) is 0 Å². The van der Waals surface area contributed by atoms with E-state index in [1.165, 1.54) is 38.0 Å². The molecule has 0 saturated heterocycles. The number of rotatable bonds is 6. The second-order valence-electron chi connectivity index (χ2n) is 4.51. The number of thioether (sulfide) groups is 1. The summed E-state index contributed by atoms with van der Waals surface area (Å²) in [7, 11) is -0.507. The summed E-state index contributed by atoms with van der Waals surface area (Å²) in [6.45, 7) is 0. The SMILES string of the molecule is CN(C)S(=O)(=O)c1ccc(CSc2[nH]nnc2C(=O)O)cc1. The fourth-order valence-electron chi connectivity index (χ4n) is 1.58. The van der Waals surface area contributed by atoms with Gasteiger partial charge in [0.25, 0.3) is 0 Å². The van der Waals surface area contributed by atoms with E-state index in [0.717, 1.165) is 9.87 Å². The highest BCUT2D eigenvalue weighted by atomic mass is 32.2. The topological polar surface area (TPSA) is 116 Å². The van der Waals surface area contributed by atoms with Crippen molar-refractivity contribution in [3.05, 3.63) is 35.5 Å². The molecule has 0 spiro atoms. The maximum absolute atomic E-state index is 11.9. The summed E-state index contributed by atoms with van der Waals surface area (Å²) >= 11 is 1.23. The van der Waals surface area contributed by atoms with Crippen LogP contribution >= 0.6 is 11.8 Å². The zero-order valence-corrected chi connectivity index (χ0v) is 13.5. The lowest BCUT2D eigenvalue weighted by molar-refractivity contribution is 0.0686. The average molecular weight is 342 g/mol. The predicted octanol–water partition coefficient (Wildman–Crippen LogP) is 1.05. The summed E-state index contributed by atoms with van der Waals surface area (Å²) in [6.07, 6.45) is 0. The van der Waals surface area contributed by atoms with Crippen LogP contribution in [0.2, 0.25) is 0 Å². The first-order chi connectivity index (χ1) is 10.3. The highest BCUT2D eigenvalue weighted by Crippen LogP contribution is 2.24. The van der Waals surface area contributed by atoms with Gasteiger partial charge in [0.05, 0.1) is 4.90 Å². The molecule has 1 aromatic carbocycles. The van der Waals surface area contributed by atoms with E-state index < -0.39 is 16.0 Å². The Kier molecular flexibility index (Phi) is 4.84. The lowest BCUT2D eigenvalue weighted by atomic mass is 10.2. The van der Waals surface area contributed by atoms with Gasteiger partial charge in [0.1, 0.15) is 5.03 Å². The van der Waals surface area contributed by atoms with E-state index in [-0.39, 0.29) is 10.6 Å². The molecule has 0 aliphatic carbocycles. The smallest absolute Gasteiger partial charge is 0.359 e. The summed E-state index contributed by atoms with van der Waals surface area (Å²) in [6, 6.07) is 6.42. The molecule has 22 heavy (non-hydrogen) atoms. The second kappa shape index (κ2) is 6.46. The Hall–Kier alpha value is -1.91. The van der Waals surface area contributed by atoms with Crippen molar-refractivity contribution in [1.82, 2.24) is 19.7 Å². The molecule has 0 atom stereocenters. The number of hydrogen-bond donors (Lipinski definition) is 2. The van der Waals surface area contributed by atoms with Gasteiger partial charge in [0, 0.05) is 19.8 Å². The molecule has 118 valence electrons. The maximum Gasteiger partial charge on any atom is 0.359 e. The molecule has 0 aliphatic rings. The fourth-order valence-corrected chi connectivity index (χ4v) is 3.36. The van der Waals surface area contributed by atoms with Crippen molar-refractivity contribution >= 4 is 27.8 Å². The van der Waals surface area contributed by atoms with E-state index in [1.807, 2.05) is 0 Å². The average Bonchev–Trinajstić information content (AvgIpc) is 2.94. The Morgan fingerprint density at radius 3 is 2.50 bits per heavy atom. The normalized spacial score (nSPS) is 11.8. The molecule has 10 heteroatoms. The number of hydrogen-bond acceptors (Lipinski definition) is 6. The molecule has 0 aliphatic heterocycles. The van der Waals surface area contributed by atoms with Crippen LogP contribution in [0.15, 0.2) is 34.2 Å². The molecule has 0 bridgehead atoms. The monoisotopic (exact) mass is 342 g/mol. The summed E-state index contributed by atoms with van der Waals surface area (Å²) in [5.41, 5.74) is 0.727. The van der Waals surface area contributed by atoms with Crippen molar-refractivity contribution in [3.63, 3.8) is 0 Å². The number of carboxylic acids is 1. The Morgan fingerprint density at radius 2 is 1.95 bits per heavy atom. The van der Waals surface area contributed by atoms with Crippen molar-refractivity contribution in [2.75, 3.05) is 14.1 Å². The van der Waals surface area contributed by atoms with Crippen molar-refractivity contribution in [1.29, 1.82) is 0 Å². The van der Waals surface area contributed by atoms with Crippen LogP contribution in [0.4, 0.5) is 0 Å². The Labute approximate surface area is 131 Å². The number of H-pyrrole nitrogens is 1. The molecule has 2 N–H and O–H groups in total. The van der Waals surface area contributed by atoms with Crippen LogP contribution in [0, 0.1) is 0 Å². The fraction of sp³-hybridized carbons (Fsp3) is 0.250. The van der Waals surface area contributed by atoms with Gasteiger partial charge >= 0.3 is 5.97 Å². The number of nitrogens with zero attached hydrogens (tertiary/aromatic N) is 3. The van der Waals surface area contributed by atoms with Crippen LogP contribution in [0.5, 0.6) is 0 Å². The number of benzene rings is 1. The Balaban J connectivity index is 2.09. The minimum absolute atomic E-state index is 0.128. The van der Waals surface area contributed by atoms with Crippen LogP contribution in [-0.4, -0.2) is 53.3 Å². The number of aromatic amines is 1.